The second kappa shape index (κ2) is 11.3. The molecule has 204 valence electrons. The molecule has 1 aliphatic heterocycles. The van der Waals surface area contributed by atoms with Crippen LogP contribution in [0.1, 0.15) is 27.8 Å². The average Bonchev–Trinajstić information content (AvgIpc) is 3.06. The molecule has 4 aromatic rings. The smallest absolute Gasteiger partial charge is 0.347 e. The Hall–Kier alpha value is -3.84. The van der Waals surface area contributed by atoms with Crippen LogP contribution in [0.25, 0.3) is 0 Å². The maximum atomic E-state index is 13.8. The Balaban J connectivity index is 1.74. The number of aryl methyl sites for hydroxylation is 2. The van der Waals surface area contributed by atoms with Crippen molar-refractivity contribution in [3.8, 4) is 5.75 Å². The summed E-state index contributed by atoms with van der Waals surface area (Å²) in [5.41, 5.74) is 2.65. The van der Waals surface area contributed by atoms with Gasteiger partial charge in [0.2, 0.25) is 12.0 Å². The monoisotopic (exact) mass is 574 g/mol. The fourth-order valence-corrected chi connectivity index (χ4v) is 5.74. The van der Waals surface area contributed by atoms with Gasteiger partial charge >= 0.3 is 5.97 Å². The van der Waals surface area contributed by atoms with Crippen LogP contribution in [0, 0.1) is 13.8 Å². The van der Waals surface area contributed by atoms with Crippen molar-refractivity contribution in [2.24, 2.45) is 0 Å². The number of ether oxygens (including phenoxy) is 1. The Bertz CT molecular complexity index is 1560. The number of carbonyl (C=O) groups excluding carboxylic acids is 1. The molecule has 1 heterocycles. The third-order valence-electron chi connectivity index (χ3n) is 7.25. The first-order chi connectivity index (χ1) is 19.2. The van der Waals surface area contributed by atoms with Crippen molar-refractivity contribution in [1.29, 1.82) is 0 Å². The van der Waals surface area contributed by atoms with Crippen molar-refractivity contribution in [3.63, 3.8) is 0 Å². The number of hydrogen-bond donors (Lipinski definition) is 2. The largest absolute Gasteiger partial charge is 0.478 e. The van der Waals surface area contributed by atoms with Gasteiger partial charge in [0.15, 0.2) is 0 Å². The first-order valence-electron chi connectivity index (χ1n) is 12.8. The number of para-hydroxylation sites is 1. The van der Waals surface area contributed by atoms with E-state index in [2.05, 4.69) is 5.32 Å². The van der Waals surface area contributed by atoms with Crippen molar-refractivity contribution in [2.75, 3.05) is 11.4 Å². The summed E-state index contributed by atoms with van der Waals surface area (Å²) in [6, 6.07) is 27.4. The fraction of sp³-hybridized carbons (Fsp3) is 0.188. The molecule has 0 radical (unpaired) electrons. The molecule has 40 heavy (non-hydrogen) atoms. The number of carboxylic acid groups (broad SMARTS) is 1. The highest BCUT2D eigenvalue weighted by Gasteiger charge is 2.52. The van der Waals surface area contributed by atoms with Gasteiger partial charge in [0, 0.05) is 26.9 Å². The fourth-order valence-electron chi connectivity index (χ4n) is 5.23. The van der Waals surface area contributed by atoms with E-state index >= 15 is 0 Å². The summed E-state index contributed by atoms with van der Waals surface area (Å²) in [4.78, 5) is 28.5. The molecule has 1 amide bonds. The summed E-state index contributed by atoms with van der Waals surface area (Å²) in [5, 5.41) is 14.9. The molecule has 0 bridgehead atoms. The van der Waals surface area contributed by atoms with Crippen molar-refractivity contribution in [2.45, 2.75) is 32.0 Å². The lowest BCUT2D eigenvalue weighted by atomic mass is 9.77. The predicted octanol–water partition coefficient (Wildman–Crippen LogP) is 6.52. The highest BCUT2D eigenvalue weighted by atomic mass is 35.5. The van der Waals surface area contributed by atoms with E-state index < -0.39 is 17.6 Å². The molecule has 0 aromatic heterocycles. The zero-order valence-corrected chi connectivity index (χ0v) is 23.5. The number of benzene rings is 4. The van der Waals surface area contributed by atoms with Gasteiger partial charge in [0.25, 0.3) is 0 Å². The van der Waals surface area contributed by atoms with E-state index in [1.54, 1.807) is 29.2 Å². The van der Waals surface area contributed by atoms with Crippen molar-refractivity contribution in [3.05, 3.63) is 129 Å². The normalized spacial score (nSPS) is 17.6. The van der Waals surface area contributed by atoms with Gasteiger partial charge in [-0.15, -0.1) is 0 Å². The Morgan fingerprint density at radius 1 is 0.975 bits per heavy atom. The molecule has 6 nitrogen and oxygen atoms in total. The molecule has 8 heteroatoms. The van der Waals surface area contributed by atoms with Gasteiger partial charge in [-0.25, -0.2) is 4.79 Å². The number of aliphatic carboxylic acids is 1. The van der Waals surface area contributed by atoms with Crippen LogP contribution in [0.4, 0.5) is 5.69 Å². The molecular formula is C32H28Cl2N2O4. The Morgan fingerprint density at radius 3 is 2.35 bits per heavy atom. The molecule has 2 atom stereocenters. The maximum absolute atomic E-state index is 13.8. The number of carbonyl (C=O) groups is 2. The molecule has 0 saturated carbocycles. The van der Waals surface area contributed by atoms with Crippen molar-refractivity contribution in [1.82, 2.24) is 5.32 Å². The Labute approximate surface area is 243 Å². The molecule has 1 aliphatic rings. The molecule has 5 rings (SSSR count). The SMILES string of the molecule is Cc1ccc(C)c(OC(C(=O)O)[C@@]2(c3ccccc3)NCC(=O)N(Cc3c(Cl)cccc3Cl)c3ccccc32)c1. The van der Waals surface area contributed by atoms with E-state index in [1.807, 2.05) is 80.6 Å². The minimum atomic E-state index is -1.44. The van der Waals surface area contributed by atoms with E-state index in [0.29, 0.717) is 38.2 Å². The van der Waals surface area contributed by atoms with Crippen LogP contribution in [0.15, 0.2) is 91.0 Å². The number of amides is 1. The summed E-state index contributed by atoms with van der Waals surface area (Å²) in [6.07, 6.45) is -1.44. The minimum absolute atomic E-state index is 0.108. The van der Waals surface area contributed by atoms with Gasteiger partial charge in [-0.05, 0) is 54.8 Å². The first kappa shape index (κ1) is 27.7. The molecule has 0 fully saturated rings. The van der Waals surface area contributed by atoms with Crippen molar-refractivity contribution >= 4 is 40.8 Å². The number of halogens is 2. The van der Waals surface area contributed by atoms with Gasteiger partial charge in [-0.3, -0.25) is 10.1 Å². The molecule has 0 saturated heterocycles. The van der Waals surface area contributed by atoms with Crippen LogP contribution in [0.3, 0.4) is 0 Å². The molecule has 1 unspecified atom stereocenters. The van der Waals surface area contributed by atoms with Crippen molar-refractivity contribution < 1.29 is 19.4 Å². The molecule has 0 spiro atoms. The topological polar surface area (TPSA) is 78.9 Å². The van der Waals surface area contributed by atoms with Gasteiger partial charge in [0.1, 0.15) is 11.3 Å². The molecule has 0 aliphatic carbocycles. The third-order valence-corrected chi connectivity index (χ3v) is 7.96. The third kappa shape index (κ3) is 5.06. The summed E-state index contributed by atoms with van der Waals surface area (Å²) in [7, 11) is 0. The molecule has 2 N–H and O–H groups in total. The summed E-state index contributed by atoms with van der Waals surface area (Å²) in [6.45, 7) is 3.74. The van der Waals surface area contributed by atoms with E-state index in [4.69, 9.17) is 27.9 Å². The number of hydrogen-bond acceptors (Lipinski definition) is 4. The summed E-state index contributed by atoms with van der Waals surface area (Å²) in [5.74, 6) is -0.989. The zero-order chi connectivity index (χ0) is 28.4. The Morgan fingerprint density at radius 2 is 1.65 bits per heavy atom. The minimum Gasteiger partial charge on any atom is -0.478 e. The second-order valence-corrected chi connectivity index (χ2v) is 10.6. The number of carboxylic acids is 1. The average molecular weight is 575 g/mol. The number of fused-ring (bicyclic) bond motifs is 1. The van der Waals surface area contributed by atoms with E-state index in [-0.39, 0.29) is 19.0 Å². The van der Waals surface area contributed by atoms with Gasteiger partial charge < -0.3 is 14.7 Å². The summed E-state index contributed by atoms with van der Waals surface area (Å²) >= 11 is 13.0. The van der Waals surface area contributed by atoms with E-state index in [1.165, 1.54) is 0 Å². The highest BCUT2D eigenvalue weighted by Crippen LogP contribution is 2.43. The van der Waals surface area contributed by atoms with Crippen LogP contribution < -0.4 is 15.0 Å². The van der Waals surface area contributed by atoms with Gasteiger partial charge in [-0.2, -0.15) is 0 Å². The lowest BCUT2D eigenvalue weighted by Crippen LogP contribution is -2.58. The quantitative estimate of drug-likeness (QED) is 0.262. The highest BCUT2D eigenvalue weighted by molar-refractivity contribution is 6.36. The predicted molar refractivity (Wildman–Crippen MR) is 157 cm³/mol. The zero-order valence-electron chi connectivity index (χ0n) is 22.0. The maximum Gasteiger partial charge on any atom is 0.347 e. The number of rotatable bonds is 7. The Kier molecular flexibility index (Phi) is 7.86. The lowest BCUT2D eigenvalue weighted by molar-refractivity contribution is -0.149. The number of nitrogens with zero attached hydrogens (tertiary/aromatic N) is 1. The number of anilines is 1. The van der Waals surface area contributed by atoms with E-state index in [0.717, 1.165) is 11.1 Å². The van der Waals surface area contributed by atoms with Crippen LogP contribution in [0.2, 0.25) is 10.0 Å². The second-order valence-electron chi connectivity index (χ2n) is 9.83. The standard InChI is InChI=1S/C32H28Cl2N2O4/c1-20-15-16-21(2)28(17-20)40-30(31(38)39)32(22-9-4-3-5-10-22)24-11-6-7-14-27(24)36(29(37)18-35-32)19-23-25(33)12-8-13-26(23)34/h3-17,30,35H,18-19H2,1-2H3,(H,38,39)/t30?,32-/m0/s1. The van der Waals surface area contributed by atoms with Crippen LogP contribution in [-0.2, 0) is 21.7 Å². The molecule has 4 aromatic carbocycles. The van der Waals surface area contributed by atoms with Gasteiger partial charge in [-0.1, -0.05) is 89.9 Å². The van der Waals surface area contributed by atoms with E-state index in [9.17, 15) is 14.7 Å². The van der Waals surface area contributed by atoms with Crippen LogP contribution in [-0.4, -0.2) is 29.6 Å². The lowest BCUT2D eigenvalue weighted by Gasteiger charge is -2.40. The number of nitrogens with one attached hydrogen (secondary N) is 1. The summed E-state index contributed by atoms with van der Waals surface area (Å²) < 4.78 is 6.39. The van der Waals surface area contributed by atoms with Crippen LogP contribution >= 0.6 is 23.2 Å². The first-order valence-corrected chi connectivity index (χ1v) is 13.6. The molecular weight excluding hydrogens is 547 g/mol. The van der Waals surface area contributed by atoms with Gasteiger partial charge in [0.05, 0.1) is 13.1 Å². The van der Waals surface area contributed by atoms with Crippen LogP contribution in [0.5, 0.6) is 5.75 Å².